The van der Waals surface area contributed by atoms with Gasteiger partial charge < -0.3 is 9.84 Å². The van der Waals surface area contributed by atoms with Crippen molar-refractivity contribution in [1.82, 2.24) is 0 Å². The predicted octanol–water partition coefficient (Wildman–Crippen LogP) is 1.28. The van der Waals surface area contributed by atoms with E-state index < -0.39 is 11.4 Å². The van der Waals surface area contributed by atoms with Crippen LogP contribution < -0.4 is 0 Å². The number of carboxylic acid groups (broad SMARTS) is 1. The minimum atomic E-state index is -0.710. The first-order chi connectivity index (χ1) is 5.13. The molecule has 0 aliphatic heterocycles. The molecule has 0 radical (unpaired) electrons. The van der Waals surface area contributed by atoms with Crippen LogP contribution in [0.25, 0.3) is 0 Å². The smallest absolute Gasteiger partial charge is 0.312 e. The topological polar surface area (TPSA) is 46.5 Å². The highest BCUT2D eigenvalue weighted by molar-refractivity contribution is 5.76. The van der Waals surface area contributed by atoms with E-state index in [9.17, 15) is 4.79 Å². The third-order valence-electron chi connectivity index (χ3n) is 2.80. The molecular weight excluding hydrogens is 144 g/mol. The lowest BCUT2D eigenvalue weighted by molar-refractivity contribution is -0.166. The average Bonchev–Trinajstić information content (AvgIpc) is 1.84. The Hall–Kier alpha value is -0.570. The van der Waals surface area contributed by atoms with Gasteiger partial charge in [0.05, 0.1) is 11.5 Å². The lowest BCUT2D eigenvalue weighted by Gasteiger charge is -2.41. The first-order valence-corrected chi connectivity index (χ1v) is 3.89. The zero-order valence-electron chi connectivity index (χ0n) is 6.96. The van der Waals surface area contributed by atoms with Crippen LogP contribution in [0.5, 0.6) is 0 Å². The second-order valence-corrected chi connectivity index (χ2v) is 3.19. The summed E-state index contributed by atoms with van der Waals surface area (Å²) in [7, 11) is 1.56. The summed E-state index contributed by atoms with van der Waals surface area (Å²) in [5.41, 5.74) is -0.575. The molecule has 64 valence electrons. The monoisotopic (exact) mass is 158 g/mol. The van der Waals surface area contributed by atoms with Crippen molar-refractivity contribution in [3.8, 4) is 0 Å². The third kappa shape index (κ3) is 1.13. The van der Waals surface area contributed by atoms with E-state index in [0.717, 1.165) is 19.3 Å². The number of rotatable bonds is 3. The summed E-state index contributed by atoms with van der Waals surface area (Å²) in [6.45, 7) is 1.83. The molecule has 0 amide bonds. The number of carbonyl (C=O) groups is 1. The molecule has 1 rings (SSSR count). The molecule has 0 bridgehead atoms. The predicted molar refractivity (Wildman–Crippen MR) is 40.4 cm³/mol. The van der Waals surface area contributed by atoms with Gasteiger partial charge >= 0.3 is 5.97 Å². The van der Waals surface area contributed by atoms with Crippen molar-refractivity contribution in [3.05, 3.63) is 0 Å². The highest BCUT2D eigenvalue weighted by Crippen LogP contribution is 2.45. The van der Waals surface area contributed by atoms with Gasteiger partial charge in [-0.1, -0.05) is 6.42 Å². The van der Waals surface area contributed by atoms with Gasteiger partial charge in [-0.25, -0.2) is 0 Å². The van der Waals surface area contributed by atoms with Crippen LogP contribution >= 0.6 is 0 Å². The van der Waals surface area contributed by atoms with Crippen LogP contribution in [-0.4, -0.2) is 24.3 Å². The lowest BCUT2D eigenvalue weighted by Crippen LogP contribution is -2.47. The molecule has 0 aromatic carbocycles. The Labute approximate surface area is 66.4 Å². The first kappa shape index (κ1) is 8.53. The van der Waals surface area contributed by atoms with Crippen molar-refractivity contribution in [1.29, 1.82) is 0 Å². The summed E-state index contributed by atoms with van der Waals surface area (Å²) in [4.78, 5) is 10.8. The van der Waals surface area contributed by atoms with E-state index in [1.807, 2.05) is 6.92 Å². The molecule has 1 aliphatic rings. The number of carboxylic acids is 1. The van der Waals surface area contributed by atoms with Crippen LogP contribution in [0.1, 0.15) is 26.2 Å². The van der Waals surface area contributed by atoms with Gasteiger partial charge in [-0.05, 0) is 19.8 Å². The molecule has 1 atom stereocenters. The zero-order valence-corrected chi connectivity index (χ0v) is 6.96. The summed E-state index contributed by atoms with van der Waals surface area (Å²) >= 11 is 0. The van der Waals surface area contributed by atoms with Gasteiger partial charge in [-0.3, -0.25) is 4.79 Å². The van der Waals surface area contributed by atoms with Crippen molar-refractivity contribution in [2.45, 2.75) is 32.3 Å². The molecule has 0 saturated heterocycles. The standard InChI is InChI=1S/C8H14O3/c1-6(11-2)8(7(9)10)4-3-5-8/h6H,3-5H2,1-2H3,(H,9,10)/t6-/m1/s1. The van der Waals surface area contributed by atoms with E-state index in [0.29, 0.717) is 0 Å². The molecule has 1 saturated carbocycles. The molecule has 1 fully saturated rings. The third-order valence-corrected chi connectivity index (χ3v) is 2.80. The van der Waals surface area contributed by atoms with Gasteiger partial charge in [-0.15, -0.1) is 0 Å². The Morgan fingerprint density at radius 1 is 1.64 bits per heavy atom. The van der Waals surface area contributed by atoms with Crippen molar-refractivity contribution in [2.75, 3.05) is 7.11 Å². The fraction of sp³-hybridized carbons (Fsp3) is 0.875. The SMILES string of the molecule is CO[C@H](C)C1(C(=O)O)CCC1. The van der Waals surface area contributed by atoms with E-state index in [1.54, 1.807) is 7.11 Å². The van der Waals surface area contributed by atoms with Gasteiger partial charge in [0.25, 0.3) is 0 Å². The molecule has 0 aromatic heterocycles. The van der Waals surface area contributed by atoms with E-state index in [1.165, 1.54) is 0 Å². The van der Waals surface area contributed by atoms with E-state index in [4.69, 9.17) is 9.84 Å². The first-order valence-electron chi connectivity index (χ1n) is 3.89. The molecular formula is C8H14O3. The van der Waals surface area contributed by atoms with Gasteiger partial charge in [-0.2, -0.15) is 0 Å². The van der Waals surface area contributed by atoms with Crippen LogP contribution in [0.4, 0.5) is 0 Å². The van der Waals surface area contributed by atoms with Crippen LogP contribution in [0.15, 0.2) is 0 Å². The van der Waals surface area contributed by atoms with Gasteiger partial charge in [0.1, 0.15) is 0 Å². The Bertz CT molecular complexity index is 161. The van der Waals surface area contributed by atoms with Crippen LogP contribution in [0, 0.1) is 5.41 Å². The normalized spacial score (nSPS) is 23.8. The number of ether oxygens (including phenoxy) is 1. The van der Waals surface area contributed by atoms with Crippen molar-refractivity contribution in [3.63, 3.8) is 0 Å². The molecule has 0 aromatic rings. The van der Waals surface area contributed by atoms with Gasteiger partial charge in [0.2, 0.25) is 0 Å². The van der Waals surface area contributed by atoms with Crippen molar-refractivity contribution < 1.29 is 14.6 Å². The number of aliphatic carboxylic acids is 1. The quantitative estimate of drug-likeness (QED) is 0.673. The van der Waals surface area contributed by atoms with Crippen LogP contribution in [-0.2, 0) is 9.53 Å². The fourth-order valence-electron chi connectivity index (χ4n) is 1.58. The van der Waals surface area contributed by atoms with Gasteiger partial charge in [0, 0.05) is 7.11 Å². The second kappa shape index (κ2) is 2.81. The van der Waals surface area contributed by atoms with Crippen LogP contribution in [0.2, 0.25) is 0 Å². The van der Waals surface area contributed by atoms with Crippen molar-refractivity contribution >= 4 is 5.97 Å². The molecule has 11 heavy (non-hydrogen) atoms. The molecule has 1 aliphatic carbocycles. The fourth-order valence-corrected chi connectivity index (χ4v) is 1.58. The minimum absolute atomic E-state index is 0.159. The van der Waals surface area contributed by atoms with Crippen LogP contribution in [0.3, 0.4) is 0 Å². The molecule has 0 heterocycles. The lowest BCUT2D eigenvalue weighted by atomic mass is 9.65. The summed E-state index contributed by atoms with van der Waals surface area (Å²) in [6, 6.07) is 0. The molecule has 0 unspecified atom stereocenters. The zero-order chi connectivity index (χ0) is 8.48. The Balaban J connectivity index is 2.67. The largest absolute Gasteiger partial charge is 0.481 e. The summed E-state index contributed by atoms with van der Waals surface area (Å²) in [5, 5.41) is 8.91. The second-order valence-electron chi connectivity index (χ2n) is 3.19. The number of methoxy groups -OCH3 is 1. The minimum Gasteiger partial charge on any atom is -0.481 e. The Morgan fingerprint density at radius 3 is 2.27 bits per heavy atom. The van der Waals surface area contributed by atoms with E-state index in [-0.39, 0.29) is 6.10 Å². The number of hydrogen-bond acceptors (Lipinski definition) is 2. The maximum atomic E-state index is 10.8. The molecule has 1 N–H and O–H groups in total. The summed E-state index contributed by atoms with van der Waals surface area (Å²) in [5.74, 6) is -0.710. The van der Waals surface area contributed by atoms with E-state index in [2.05, 4.69) is 0 Å². The highest BCUT2D eigenvalue weighted by atomic mass is 16.5. The molecule has 3 heteroatoms. The molecule has 0 spiro atoms. The summed E-state index contributed by atoms with van der Waals surface area (Å²) < 4.78 is 5.04. The summed E-state index contributed by atoms with van der Waals surface area (Å²) in [6.07, 6.45) is 2.38. The number of hydrogen-bond donors (Lipinski definition) is 1. The Morgan fingerprint density at radius 2 is 2.18 bits per heavy atom. The van der Waals surface area contributed by atoms with E-state index >= 15 is 0 Å². The molecule has 3 nitrogen and oxygen atoms in total. The van der Waals surface area contributed by atoms with Crippen molar-refractivity contribution in [2.24, 2.45) is 5.41 Å². The Kier molecular flexibility index (Phi) is 2.18. The highest BCUT2D eigenvalue weighted by Gasteiger charge is 2.49. The van der Waals surface area contributed by atoms with Gasteiger partial charge in [0.15, 0.2) is 0 Å². The maximum absolute atomic E-state index is 10.8. The maximum Gasteiger partial charge on any atom is 0.312 e. The average molecular weight is 158 g/mol.